The average molecular weight is 357 g/mol. The second-order valence-electron chi connectivity index (χ2n) is 7.93. The maximum Gasteiger partial charge on any atom is 0.225 e. The van der Waals surface area contributed by atoms with Crippen molar-refractivity contribution in [3.05, 3.63) is 35.4 Å². The van der Waals surface area contributed by atoms with Crippen molar-refractivity contribution < 1.29 is 9.59 Å². The Morgan fingerprint density at radius 1 is 1.08 bits per heavy atom. The molecule has 1 saturated carbocycles. The zero-order valence-corrected chi connectivity index (χ0v) is 15.7. The fourth-order valence-corrected chi connectivity index (χ4v) is 4.11. The molecule has 2 fully saturated rings. The molecular weight excluding hydrogens is 326 g/mol. The van der Waals surface area contributed by atoms with Crippen LogP contribution in [-0.2, 0) is 16.1 Å². The third kappa shape index (κ3) is 4.85. The summed E-state index contributed by atoms with van der Waals surface area (Å²) in [4.78, 5) is 27.1. The second kappa shape index (κ2) is 8.67. The number of piperidine rings is 1. The normalized spacial score (nSPS) is 24.3. The van der Waals surface area contributed by atoms with Gasteiger partial charge in [0, 0.05) is 37.5 Å². The van der Waals surface area contributed by atoms with Crippen LogP contribution in [0.3, 0.4) is 0 Å². The number of amides is 2. The number of hydrogen-bond donors (Lipinski definition) is 2. The lowest BCUT2D eigenvalue weighted by Crippen LogP contribution is -2.46. The molecule has 0 aromatic heterocycles. The molecule has 142 valence electrons. The third-order valence-corrected chi connectivity index (χ3v) is 5.83. The van der Waals surface area contributed by atoms with E-state index in [2.05, 4.69) is 24.4 Å². The molecule has 2 unspecified atom stereocenters. The van der Waals surface area contributed by atoms with Gasteiger partial charge in [0.15, 0.2) is 0 Å². The maximum absolute atomic E-state index is 12.7. The summed E-state index contributed by atoms with van der Waals surface area (Å²) < 4.78 is 0. The maximum atomic E-state index is 12.7. The number of nitrogens with one attached hydrogen (secondary N) is 1. The van der Waals surface area contributed by atoms with Crippen LogP contribution in [0.25, 0.3) is 0 Å². The molecule has 0 spiro atoms. The van der Waals surface area contributed by atoms with E-state index in [1.165, 1.54) is 5.56 Å². The molecule has 2 aliphatic rings. The highest BCUT2D eigenvalue weighted by Crippen LogP contribution is 2.27. The number of nitrogens with two attached hydrogens (primary N) is 1. The zero-order chi connectivity index (χ0) is 18.5. The summed E-state index contributed by atoms with van der Waals surface area (Å²) in [6.07, 6.45) is 5.37. The molecule has 1 saturated heterocycles. The summed E-state index contributed by atoms with van der Waals surface area (Å²) in [5.41, 5.74) is 8.35. The number of hydrogen-bond acceptors (Lipinski definition) is 3. The first-order valence-corrected chi connectivity index (χ1v) is 9.90. The number of aryl methyl sites for hydroxylation is 1. The fourth-order valence-electron chi connectivity index (χ4n) is 4.11. The lowest BCUT2D eigenvalue weighted by Gasteiger charge is -2.35. The predicted molar refractivity (Wildman–Crippen MR) is 102 cm³/mol. The number of carbonyl (C=O) groups is 2. The van der Waals surface area contributed by atoms with E-state index in [-0.39, 0.29) is 29.7 Å². The molecule has 1 aliphatic heterocycles. The summed E-state index contributed by atoms with van der Waals surface area (Å²) in [5.74, 6) is 0.458. The fraction of sp³-hybridized carbons (Fsp3) is 0.619. The van der Waals surface area contributed by atoms with Crippen LogP contribution in [0.1, 0.15) is 49.7 Å². The van der Waals surface area contributed by atoms with Crippen LogP contribution in [0, 0.1) is 18.8 Å². The molecule has 2 amide bonds. The number of benzene rings is 1. The second-order valence-corrected chi connectivity index (χ2v) is 7.93. The Labute approximate surface area is 156 Å². The molecule has 3 rings (SSSR count). The molecule has 1 aromatic rings. The first kappa shape index (κ1) is 18.9. The van der Waals surface area contributed by atoms with Gasteiger partial charge in [0.2, 0.25) is 11.8 Å². The molecular formula is C21H31N3O2. The zero-order valence-electron chi connectivity index (χ0n) is 15.7. The van der Waals surface area contributed by atoms with E-state index in [0.29, 0.717) is 19.6 Å². The van der Waals surface area contributed by atoms with E-state index >= 15 is 0 Å². The summed E-state index contributed by atoms with van der Waals surface area (Å²) in [5, 5.41) is 3.04. The predicted octanol–water partition coefficient (Wildman–Crippen LogP) is 2.37. The minimum absolute atomic E-state index is 0.0121. The molecule has 1 aliphatic carbocycles. The van der Waals surface area contributed by atoms with Gasteiger partial charge in [-0.1, -0.05) is 36.2 Å². The highest BCUT2D eigenvalue weighted by atomic mass is 16.2. The Bertz CT molecular complexity index is 621. The van der Waals surface area contributed by atoms with Crippen LogP contribution < -0.4 is 11.1 Å². The molecule has 0 bridgehead atoms. The number of rotatable bonds is 4. The van der Waals surface area contributed by atoms with Gasteiger partial charge in [0.05, 0.1) is 0 Å². The minimum atomic E-state index is 0.0121. The Hall–Kier alpha value is -1.88. The van der Waals surface area contributed by atoms with Gasteiger partial charge < -0.3 is 16.0 Å². The van der Waals surface area contributed by atoms with Crippen molar-refractivity contribution in [3.8, 4) is 0 Å². The lowest BCUT2D eigenvalue weighted by molar-refractivity contribution is -0.140. The highest BCUT2D eigenvalue weighted by Gasteiger charge is 2.32. The minimum Gasteiger partial charge on any atom is -0.352 e. The van der Waals surface area contributed by atoms with Gasteiger partial charge in [-0.3, -0.25) is 9.59 Å². The van der Waals surface area contributed by atoms with Crippen molar-refractivity contribution in [1.29, 1.82) is 0 Å². The van der Waals surface area contributed by atoms with Crippen LogP contribution >= 0.6 is 0 Å². The SMILES string of the molecule is Cc1ccc(CNC(=O)C2CCN(C(=O)C3CCCC(N)C3)CC2)cc1. The monoisotopic (exact) mass is 357 g/mol. The van der Waals surface area contributed by atoms with E-state index in [9.17, 15) is 9.59 Å². The van der Waals surface area contributed by atoms with Crippen LogP contribution in [0.15, 0.2) is 24.3 Å². The van der Waals surface area contributed by atoms with Gasteiger partial charge in [-0.25, -0.2) is 0 Å². The third-order valence-electron chi connectivity index (χ3n) is 5.83. The summed E-state index contributed by atoms with van der Waals surface area (Å²) in [6, 6.07) is 8.38. The van der Waals surface area contributed by atoms with Gasteiger partial charge in [-0.15, -0.1) is 0 Å². The summed E-state index contributed by atoms with van der Waals surface area (Å²) in [7, 11) is 0. The van der Waals surface area contributed by atoms with E-state index < -0.39 is 0 Å². The summed E-state index contributed by atoms with van der Waals surface area (Å²) >= 11 is 0. The average Bonchev–Trinajstić information content (AvgIpc) is 2.67. The molecule has 0 radical (unpaired) electrons. The van der Waals surface area contributed by atoms with E-state index in [1.54, 1.807) is 0 Å². The van der Waals surface area contributed by atoms with Crippen LogP contribution in [0.4, 0.5) is 0 Å². The number of nitrogens with zero attached hydrogens (tertiary/aromatic N) is 1. The van der Waals surface area contributed by atoms with Crippen molar-refractivity contribution in [1.82, 2.24) is 10.2 Å². The number of carbonyl (C=O) groups excluding carboxylic acids is 2. The van der Waals surface area contributed by atoms with Gasteiger partial charge in [0.25, 0.3) is 0 Å². The lowest BCUT2D eigenvalue weighted by atomic mass is 9.84. The van der Waals surface area contributed by atoms with E-state index in [0.717, 1.165) is 44.1 Å². The van der Waals surface area contributed by atoms with Crippen molar-refractivity contribution in [2.75, 3.05) is 13.1 Å². The van der Waals surface area contributed by atoms with Crippen LogP contribution in [0.2, 0.25) is 0 Å². The van der Waals surface area contributed by atoms with E-state index in [1.807, 2.05) is 17.0 Å². The van der Waals surface area contributed by atoms with Gasteiger partial charge in [0.1, 0.15) is 0 Å². The Balaban J connectivity index is 1.43. The first-order chi connectivity index (χ1) is 12.5. The molecule has 26 heavy (non-hydrogen) atoms. The molecule has 1 aromatic carbocycles. The van der Waals surface area contributed by atoms with Crippen molar-refractivity contribution in [2.24, 2.45) is 17.6 Å². The van der Waals surface area contributed by atoms with E-state index in [4.69, 9.17) is 5.73 Å². The molecule has 3 N–H and O–H groups in total. The Kier molecular flexibility index (Phi) is 6.30. The number of likely N-dealkylation sites (tertiary alicyclic amines) is 1. The van der Waals surface area contributed by atoms with Gasteiger partial charge in [-0.2, -0.15) is 0 Å². The topological polar surface area (TPSA) is 75.4 Å². The van der Waals surface area contributed by atoms with Gasteiger partial charge >= 0.3 is 0 Å². The smallest absolute Gasteiger partial charge is 0.225 e. The first-order valence-electron chi connectivity index (χ1n) is 9.90. The standard InChI is InChI=1S/C21H31N3O2/c1-15-5-7-16(8-6-15)14-23-20(25)17-9-11-24(12-10-17)21(26)18-3-2-4-19(22)13-18/h5-8,17-19H,2-4,9-14,22H2,1H3,(H,23,25). The Morgan fingerprint density at radius 3 is 2.42 bits per heavy atom. The quantitative estimate of drug-likeness (QED) is 0.869. The molecule has 5 nitrogen and oxygen atoms in total. The largest absolute Gasteiger partial charge is 0.352 e. The van der Waals surface area contributed by atoms with Crippen LogP contribution in [-0.4, -0.2) is 35.8 Å². The molecule has 5 heteroatoms. The van der Waals surface area contributed by atoms with Crippen molar-refractivity contribution in [2.45, 2.75) is 58.0 Å². The summed E-state index contributed by atoms with van der Waals surface area (Å²) in [6.45, 7) is 4.00. The van der Waals surface area contributed by atoms with Crippen molar-refractivity contribution in [3.63, 3.8) is 0 Å². The van der Waals surface area contributed by atoms with Gasteiger partial charge in [-0.05, 0) is 44.6 Å². The van der Waals surface area contributed by atoms with Crippen LogP contribution in [0.5, 0.6) is 0 Å². The molecule has 2 atom stereocenters. The Morgan fingerprint density at radius 2 is 1.77 bits per heavy atom. The molecule has 1 heterocycles. The highest BCUT2D eigenvalue weighted by molar-refractivity contribution is 5.81. The van der Waals surface area contributed by atoms with Crippen molar-refractivity contribution >= 4 is 11.8 Å².